The monoisotopic (exact) mass is 226 g/mol. The summed E-state index contributed by atoms with van der Waals surface area (Å²) in [5, 5.41) is 8.31. The van der Waals surface area contributed by atoms with Crippen LogP contribution >= 0.6 is 11.8 Å². The minimum Gasteiger partial charge on any atom is -0.476 e. The molecule has 0 fully saturated rings. The lowest BCUT2D eigenvalue weighted by molar-refractivity contribution is -0.134. The summed E-state index contributed by atoms with van der Waals surface area (Å²) in [6.45, 7) is 0. The van der Waals surface area contributed by atoms with Crippen molar-refractivity contribution in [2.75, 3.05) is 6.26 Å². The van der Waals surface area contributed by atoms with Crippen LogP contribution in [-0.4, -0.2) is 17.3 Å². The fourth-order valence-corrected chi connectivity index (χ4v) is 1.58. The molecule has 0 aliphatic rings. The maximum absolute atomic E-state index is 12.6. The number of benzene rings is 1. The molecule has 0 saturated heterocycles. The van der Waals surface area contributed by atoms with Gasteiger partial charge in [0.25, 0.3) is 0 Å². The molecule has 2 nitrogen and oxygen atoms in total. The average Bonchev–Trinajstić information content (AvgIpc) is 2.26. The van der Waals surface area contributed by atoms with E-state index in [4.69, 9.17) is 5.11 Å². The molecule has 0 saturated carbocycles. The Labute approximate surface area is 91.8 Å². The van der Waals surface area contributed by atoms with Crippen LogP contribution in [0.2, 0.25) is 0 Å². The van der Waals surface area contributed by atoms with Gasteiger partial charge in [0, 0.05) is 4.90 Å². The zero-order chi connectivity index (χ0) is 11.3. The molecule has 15 heavy (non-hydrogen) atoms. The molecule has 0 aromatic heterocycles. The molecule has 0 atom stereocenters. The van der Waals surface area contributed by atoms with Crippen molar-refractivity contribution >= 4 is 17.7 Å². The number of carboxylic acids is 1. The molecule has 0 bridgehead atoms. The zero-order valence-electron chi connectivity index (χ0n) is 8.24. The highest BCUT2D eigenvalue weighted by Crippen LogP contribution is 2.16. The summed E-state index contributed by atoms with van der Waals surface area (Å²) in [7, 11) is 0. The summed E-state index contributed by atoms with van der Waals surface area (Å²) in [4.78, 5) is 11.3. The first-order valence-electron chi connectivity index (χ1n) is 4.35. The smallest absolute Gasteiger partial charge is 0.364 e. The first-order chi connectivity index (χ1) is 7.13. The lowest BCUT2D eigenvalue weighted by Gasteiger charge is -1.99. The number of carboxylic acid groups (broad SMARTS) is 1. The standard InChI is InChI=1S/C11H11FO2S/c1-15-9-4-2-3-8(7-9)5-6-10(12)11(13)14/h2-4,6-7H,5H2,1H3,(H,13,14)/b10-6-. The van der Waals surface area contributed by atoms with Crippen molar-refractivity contribution in [3.05, 3.63) is 41.7 Å². The lowest BCUT2D eigenvalue weighted by atomic mass is 10.1. The average molecular weight is 226 g/mol. The Morgan fingerprint density at radius 1 is 1.60 bits per heavy atom. The minimum absolute atomic E-state index is 0.298. The van der Waals surface area contributed by atoms with E-state index in [1.165, 1.54) is 0 Å². The van der Waals surface area contributed by atoms with Gasteiger partial charge in [-0.05, 0) is 36.4 Å². The molecule has 0 radical (unpaired) electrons. The number of hydrogen-bond acceptors (Lipinski definition) is 2. The van der Waals surface area contributed by atoms with E-state index in [0.717, 1.165) is 16.5 Å². The topological polar surface area (TPSA) is 37.3 Å². The Hall–Kier alpha value is -1.29. The van der Waals surface area contributed by atoms with Gasteiger partial charge in [-0.25, -0.2) is 4.79 Å². The Balaban J connectivity index is 2.73. The number of thioether (sulfide) groups is 1. The molecule has 0 unspecified atom stereocenters. The van der Waals surface area contributed by atoms with Crippen LogP contribution in [0.15, 0.2) is 41.1 Å². The summed E-state index contributed by atoms with van der Waals surface area (Å²) in [6, 6.07) is 7.57. The van der Waals surface area contributed by atoms with Crippen molar-refractivity contribution < 1.29 is 14.3 Å². The van der Waals surface area contributed by atoms with E-state index in [9.17, 15) is 9.18 Å². The Kier molecular flexibility index (Phi) is 4.37. The van der Waals surface area contributed by atoms with Crippen LogP contribution in [0.4, 0.5) is 4.39 Å². The number of allylic oxidation sites excluding steroid dienone is 1. The summed E-state index contributed by atoms with van der Waals surface area (Å²) in [5.74, 6) is -2.62. The SMILES string of the molecule is CSc1cccc(C/C=C(\F)C(=O)O)c1. The van der Waals surface area contributed by atoms with E-state index >= 15 is 0 Å². The van der Waals surface area contributed by atoms with Crippen molar-refractivity contribution in [2.24, 2.45) is 0 Å². The molecule has 0 amide bonds. The van der Waals surface area contributed by atoms with E-state index in [2.05, 4.69) is 0 Å². The van der Waals surface area contributed by atoms with Crippen molar-refractivity contribution in [1.82, 2.24) is 0 Å². The van der Waals surface area contributed by atoms with Crippen molar-refractivity contribution in [1.29, 1.82) is 0 Å². The molecule has 4 heteroatoms. The van der Waals surface area contributed by atoms with Gasteiger partial charge in [0.1, 0.15) is 0 Å². The Morgan fingerprint density at radius 2 is 2.33 bits per heavy atom. The minimum atomic E-state index is -1.52. The molecule has 80 valence electrons. The second-order valence-electron chi connectivity index (χ2n) is 2.91. The molecular weight excluding hydrogens is 215 g/mol. The summed E-state index contributed by atoms with van der Waals surface area (Å²) in [5.41, 5.74) is 0.901. The van der Waals surface area contributed by atoms with Gasteiger partial charge >= 0.3 is 5.97 Å². The van der Waals surface area contributed by atoms with Gasteiger partial charge < -0.3 is 5.11 Å². The number of hydrogen-bond donors (Lipinski definition) is 1. The van der Waals surface area contributed by atoms with Crippen molar-refractivity contribution in [3.8, 4) is 0 Å². The van der Waals surface area contributed by atoms with Gasteiger partial charge in [-0.3, -0.25) is 0 Å². The summed E-state index contributed by atoms with van der Waals surface area (Å²) in [6.07, 6.45) is 3.32. The predicted octanol–water partition coefficient (Wildman–Crippen LogP) is 2.89. The third-order valence-electron chi connectivity index (χ3n) is 1.86. The second kappa shape index (κ2) is 5.56. The highest BCUT2D eigenvalue weighted by atomic mass is 32.2. The molecule has 0 aliphatic heterocycles. The summed E-state index contributed by atoms with van der Waals surface area (Å²) < 4.78 is 12.6. The largest absolute Gasteiger partial charge is 0.476 e. The Bertz CT molecular complexity index is 388. The first kappa shape index (κ1) is 11.8. The molecule has 1 rings (SSSR count). The van der Waals surface area contributed by atoms with Crippen molar-refractivity contribution in [3.63, 3.8) is 0 Å². The van der Waals surface area contributed by atoms with Crippen LogP contribution in [0.3, 0.4) is 0 Å². The zero-order valence-corrected chi connectivity index (χ0v) is 9.05. The highest BCUT2D eigenvalue weighted by Gasteiger charge is 2.03. The molecule has 1 aromatic carbocycles. The molecular formula is C11H11FO2S. The third kappa shape index (κ3) is 3.75. The third-order valence-corrected chi connectivity index (χ3v) is 2.58. The summed E-state index contributed by atoms with van der Waals surface area (Å²) >= 11 is 1.59. The quantitative estimate of drug-likeness (QED) is 0.633. The lowest BCUT2D eigenvalue weighted by Crippen LogP contribution is -1.95. The van der Waals surface area contributed by atoms with Gasteiger partial charge in [-0.15, -0.1) is 11.8 Å². The maximum atomic E-state index is 12.6. The first-order valence-corrected chi connectivity index (χ1v) is 5.58. The number of carbonyl (C=O) groups is 1. The fourth-order valence-electron chi connectivity index (χ4n) is 1.09. The van der Waals surface area contributed by atoms with Gasteiger partial charge in [0.05, 0.1) is 0 Å². The normalized spacial score (nSPS) is 11.5. The second-order valence-corrected chi connectivity index (χ2v) is 3.79. The van der Waals surface area contributed by atoms with Crippen LogP contribution < -0.4 is 0 Å². The van der Waals surface area contributed by atoms with Crippen LogP contribution in [-0.2, 0) is 11.2 Å². The van der Waals surface area contributed by atoms with Crippen LogP contribution in [0.5, 0.6) is 0 Å². The molecule has 0 spiro atoms. The predicted molar refractivity (Wildman–Crippen MR) is 58.8 cm³/mol. The highest BCUT2D eigenvalue weighted by molar-refractivity contribution is 7.98. The number of rotatable bonds is 4. The van der Waals surface area contributed by atoms with Gasteiger partial charge in [-0.2, -0.15) is 4.39 Å². The van der Waals surface area contributed by atoms with Crippen LogP contribution in [0.1, 0.15) is 5.56 Å². The maximum Gasteiger partial charge on any atom is 0.364 e. The molecule has 0 heterocycles. The van der Waals surface area contributed by atoms with Crippen molar-refractivity contribution in [2.45, 2.75) is 11.3 Å². The van der Waals surface area contributed by atoms with E-state index < -0.39 is 11.8 Å². The van der Waals surface area contributed by atoms with E-state index in [-0.39, 0.29) is 0 Å². The number of aliphatic carboxylic acids is 1. The van der Waals surface area contributed by atoms with E-state index in [1.54, 1.807) is 11.8 Å². The Morgan fingerprint density at radius 3 is 2.93 bits per heavy atom. The van der Waals surface area contributed by atoms with Gasteiger partial charge in [0.15, 0.2) is 0 Å². The van der Waals surface area contributed by atoms with Gasteiger partial charge in [0.2, 0.25) is 5.83 Å². The molecule has 0 aliphatic carbocycles. The fraction of sp³-hybridized carbons (Fsp3) is 0.182. The van der Waals surface area contributed by atoms with Crippen LogP contribution in [0, 0.1) is 0 Å². The van der Waals surface area contributed by atoms with E-state index in [0.29, 0.717) is 6.42 Å². The van der Waals surface area contributed by atoms with Gasteiger partial charge in [-0.1, -0.05) is 12.1 Å². The molecule has 1 N–H and O–H groups in total. The van der Waals surface area contributed by atoms with E-state index in [1.807, 2.05) is 30.5 Å². The van der Waals surface area contributed by atoms with Crippen LogP contribution in [0.25, 0.3) is 0 Å². The number of halogens is 1. The molecule has 1 aromatic rings.